The molecule has 3 rings (SSSR count). The van der Waals surface area contributed by atoms with Crippen LogP contribution in [0.4, 0.5) is 5.69 Å². The first-order valence-electron chi connectivity index (χ1n) is 7.20. The molecule has 1 amide bonds. The highest BCUT2D eigenvalue weighted by Crippen LogP contribution is 2.21. The fourth-order valence-corrected chi connectivity index (χ4v) is 2.30. The summed E-state index contributed by atoms with van der Waals surface area (Å²) in [4.78, 5) is 14.5. The van der Waals surface area contributed by atoms with Crippen LogP contribution in [0.2, 0.25) is 0 Å². The first-order chi connectivity index (χ1) is 10.7. The Morgan fingerprint density at radius 3 is 2.32 bits per heavy atom. The Hall–Kier alpha value is -2.81. The normalized spacial score (nSPS) is 10.4. The lowest BCUT2D eigenvalue weighted by Crippen LogP contribution is -2.30. The number of aryl methyl sites for hydroxylation is 1. The van der Waals surface area contributed by atoms with E-state index < -0.39 is 0 Å². The summed E-state index contributed by atoms with van der Waals surface area (Å²) in [6.45, 7) is 2.53. The second-order valence-electron chi connectivity index (χ2n) is 5.19. The molecule has 0 aliphatic carbocycles. The minimum Gasteiger partial charge on any atom is -0.459 e. The molecule has 0 fully saturated rings. The number of carbonyl (C=O) groups excluding carboxylic acids is 1. The Kier molecular flexibility index (Phi) is 4.05. The van der Waals surface area contributed by atoms with Crippen LogP contribution in [0.15, 0.2) is 77.4 Å². The van der Waals surface area contributed by atoms with Crippen LogP contribution < -0.4 is 4.90 Å². The van der Waals surface area contributed by atoms with Crippen LogP contribution in [0.5, 0.6) is 0 Å². The molecule has 0 saturated heterocycles. The maximum absolute atomic E-state index is 12.7. The lowest BCUT2D eigenvalue weighted by atomic mass is 10.1. The highest BCUT2D eigenvalue weighted by atomic mass is 16.3. The average Bonchev–Trinajstić information content (AvgIpc) is 3.08. The van der Waals surface area contributed by atoms with Gasteiger partial charge in [0.2, 0.25) is 0 Å². The van der Waals surface area contributed by atoms with E-state index in [-0.39, 0.29) is 5.91 Å². The van der Waals surface area contributed by atoms with Crippen molar-refractivity contribution in [3.63, 3.8) is 0 Å². The van der Waals surface area contributed by atoms with Crippen LogP contribution >= 0.6 is 0 Å². The van der Waals surface area contributed by atoms with Gasteiger partial charge in [-0.25, -0.2) is 0 Å². The topological polar surface area (TPSA) is 33.5 Å². The van der Waals surface area contributed by atoms with Crippen molar-refractivity contribution in [2.24, 2.45) is 0 Å². The van der Waals surface area contributed by atoms with Gasteiger partial charge in [0, 0.05) is 5.69 Å². The highest BCUT2D eigenvalue weighted by molar-refractivity contribution is 6.04. The molecular weight excluding hydrogens is 274 g/mol. The molecule has 1 heterocycles. The van der Waals surface area contributed by atoms with Gasteiger partial charge in [-0.05, 0) is 36.8 Å². The number of nitrogens with zero attached hydrogens (tertiary/aromatic N) is 1. The van der Waals surface area contributed by atoms with E-state index in [1.165, 1.54) is 6.26 Å². The van der Waals surface area contributed by atoms with Gasteiger partial charge in [0.15, 0.2) is 5.76 Å². The van der Waals surface area contributed by atoms with E-state index in [1.54, 1.807) is 17.0 Å². The average molecular weight is 291 g/mol. The van der Waals surface area contributed by atoms with Crippen molar-refractivity contribution in [2.75, 3.05) is 4.90 Å². The summed E-state index contributed by atoms with van der Waals surface area (Å²) < 4.78 is 5.27. The van der Waals surface area contributed by atoms with Gasteiger partial charge in [-0.15, -0.1) is 0 Å². The summed E-state index contributed by atoms with van der Waals surface area (Å²) in [7, 11) is 0. The molecule has 3 heteroatoms. The van der Waals surface area contributed by atoms with Crippen molar-refractivity contribution >= 4 is 11.6 Å². The molecule has 22 heavy (non-hydrogen) atoms. The molecule has 0 bridgehead atoms. The smallest absolute Gasteiger partial charge is 0.294 e. The zero-order valence-corrected chi connectivity index (χ0v) is 12.4. The van der Waals surface area contributed by atoms with Gasteiger partial charge in [0.1, 0.15) is 0 Å². The molecule has 2 aromatic carbocycles. The van der Waals surface area contributed by atoms with Gasteiger partial charge in [0.05, 0.1) is 12.8 Å². The molecule has 110 valence electrons. The Morgan fingerprint density at radius 1 is 0.955 bits per heavy atom. The van der Waals surface area contributed by atoms with Gasteiger partial charge in [-0.3, -0.25) is 4.79 Å². The van der Waals surface area contributed by atoms with E-state index in [0.717, 1.165) is 16.8 Å². The standard InChI is InChI=1S/C19H17NO2/c1-15-9-11-17(12-10-15)20(14-16-6-3-2-4-7-16)19(21)18-8-5-13-22-18/h2-13H,14H2,1H3. The van der Waals surface area contributed by atoms with Crippen molar-refractivity contribution in [2.45, 2.75) is 13.5 Å². The fraction of sp³-hybridized carbons (Fsp3) is 0.105. The number of carbonyl (C=O) groups is 1. The molecule has 0 saturated carbocycles. The number of benzene rings is 2. The highest BCUT2D eigenvalue weighted by Gasteiger charge is 2.20. The predicted molar refractivity (Wildman–Crippen MR) is 86.8 cm³/mol. The molecule has 0 radical (unpaired) electrons. The van der Waals surface area contributed by atoms with Crippen LogP contribution in [0.1, 0.15) is 21.7 Å². The van der Waals surface area contributed by atoms with E-state index in [2.05, 4.69) is 0 Å². The molecule has 1 aromatic heterocycles. The number of furan rings is 1. The summed E-state index contributed by atoms with van der Waals surface area (Å²) in [5.41, 5.74) is 3.09. The third-order valence-electron chi connectivity index (χ3n) is 3.51. The molecule has 0 aliphatic heterocycles. The summed E-state index contributed by atoms with van der Waals surface area (Å²) in [6.07, 6.45) is 1.52. The van der Waals surface area contributed by atoms with Crippen molar-refractivity contribution in [3.8, 4) is 0 Å². The number of hydrogen-bond donors (Lipinski definition) is 0. The van der Waals surface area contributed by atoms with Crippen LogP contribution in [0.3, 0.4) is 0 Å². The van der Waals surface area contributed by atoms with Crippen molar-refractivity contribution in [3.05, 3.63) is 89.9 Å². The molecule has 3 aromatic rings. The first kappa shape index (κ1) is 14.1. The van der Waals surface area contributed by atoms with E-state index in [0.29, 0.717) is 12.3 Å². The van der Waals surface area contributed by atoms with Crippen molar-refractivity contribution in [1.82, 2.24) is 0 Å². The Labute approximate surface area is 129 Å². The number of amides is 1. The maximum atomic E-state index is 12.7. The molecular formula is C19H17NO2. The third-order valence-corrected chi connectivity index (χ3v) is 3.51. The van der Waals surface area contributed by atoms with E-state index in [9.17, 15) is 4.79 Å². The van der Waals surface area contributed by atoms with Crippen LogP contribution in [-0.2, 0) is 6.54 Å². The summed E-state index contributed by atoms with van der Waals surface area (Å²) in [5.74, 6) is 0.203. The summed E-state index contributed by atoms with van der Waals surface area (Å²) >= 11 is 0. The molecule has 0 spiro atoms. The van der Waals surface area contributed by atoms with Crippen LogP contribution in [-0.4, -0.2) is 5.91 Å². The number of hydrogen-bond acceptors (Lipinski definition) is 2. The summed E-state index contributed by atoms with van der Waals surface area (Å²) in [6, 6.07) is 21.3. The second kappa shape index (κ2) is 6.31. The molecule has 0 unspecified atom stereocenters. The quantitative estimate of drug-likeness (QED) is 0.712. The van der Waals surface area contributed by atoms with Crippen molar-refractivity contribution < 1.29 is 9.21 Å². The van der Waals surface area contributed by atoms with E-state index in [4.69, 9.17) is 4.42 Å². The minimum absolute atomic E-state index is 0.141. The lowest BCUT2D eigenvalue weighted by molar-refractivity contribution is 0.0958. The fourth-order valence-electron chi connectivity index (χ4n) is 2.30. The third kappa shape index (κ3) is 3.09. The molecule has 0 N–H and O–H groups in total. The number of rotatable bonds is 4. The monoisotopic (exact) mass is 291 g/mol. The number of anilines is 1. The molecule has 3 nitrogen and oxygen atoms in total. The van der Waals surface area contributed by atoms with Crippen LogP contribution in [0, 0.1) is 6.92 Å². The molecule has 0 aliphatic rings. The van der Waals surface area contributed by atoms with Gasteiger partial charge >= 0.3 is 0 Å². The predicted octanol–water partition coefficient (Wildman–Crippen LogP) is 4.44. The summed E-state index contributed by atoms with van der Waals surface area (Å²) in [5, 5.41) is 0. The first-order valence-corrected chi connectivity index (χ1v) is 7.20. The van der Waals surface area contributed by atoms with Gasteiger partial charge in [-0.2, -0.15) is 0 Å². The zero-order chi connectivity index (χ0) is 15.4. The Bertz CT molecular complexity index is 731. The largest absolute Gasteiger partial charge is 0.459 e. The van der Waals surface area contributed by atoms with E-state index >= 15 is 0 Å². The van der Waals surface area contributed by atoms with Crippen LogP contribution in [0.25, 0.3) is 0 Å². The Morgan fingerprint density at radius 2 is 1.68 bits per heavy atom. The van der Waals surface area contributed by atoms with Gasteiger partial charge in [0.25, 0.3) is 5.91 Å². The zero-order valence-electron chi connectivity index (χ0n) is 12.4. The van der Waals surface area contributed by atoms with Crippen molar-refractivity contribution in [1.29, 1.82) is 0 Å². The molecule has 0 atom stereocenters. The Balaban J connectivity index is 1.94. The SMILES string of the molecule is Cc1ccc(N(Cc2ccccc2)C(=O)c2ccco2)cc1. The van der Waals surface area contributed by atoms with E-state index in [1.807, 2.05) is 61.5 Å². The minimum atomic E-state index is -0.141. The van der Waals surface area contributed by atoms with Gasteiger partial charge < -0.3 is 9.32 Å². The van der Waals surface area contributed by atoms with Gasteiger partial charge in [-0.1, -0.05) is 48.0 Å². The maximum Gasteiger partial charge on any atom is 0.294 e. The lowest BCUT2D eigenvalue weighted by Gasteiger charge is -2.22. The second-order valence-corrected chi connectivity index (χ2v) is 5.19.